The Kier molecular flexibility index (Phi) is 10.4. The Balaban J connectivity index is 2.28. The van der Waals surface area contributed by atoms with E-state index >= 15 is 0 Å². The molecule has 3 rings (SSSR count). The van der Waals surface area contributed by atoms with Crippen LogP contribution in [0.3, 0.4) is 0 Å². The summed E-state index contributed by atoms with van der Waals surface area (Å²) in [7, 11) is -4.91. The molecule has 0 saturated carbocycles. The summed E-state index contributed by atoms with van der Waals surface area (Å²) in [6.07, 6.45) is -1.82. The van der Waals surface area contributed by atoms with Crippen molar-refractivity contribution in [2.24, 2.45) is 0 Å². The highest BCUT2D eigenvalue weighted by atomic mass is 28.4. The van der Waals surface area contributed by atoms with Gasteiger partial charge in [-0.2, -0.15) is 0 Å². The fourth-order valence-corrected chi connectivity index (χ4v) is 6.68. The van der Waals surface area contributed by atoms with E-state index in [0.29, 0.717) is 0 Å². The number of ether oxygens (including phenoxy) is 3. The van der Waals surface area contributed by atoms with Crippen molar-refractivity contribution in [3.8, 4) is 0 Å². The number of aromatic amines is 1. The number of rotatable bonds is 10. The summed E-state index contributed by atoms with van der Waals surface area (Å²) in [5.74, 6) is -1.32. The van der Waals surface area contributed by atoms with E-state index in [1.165, 1.54) is 13.1 Å². The molecular formula is C31H48N2O9Si2. The average molecular weight is 649 g/mol. The van der Waals surface area contributed by atoms with Crippen LogP contribution in [0.5, 0.6) is 0 Å². The largest absolute Gasteiger partial charge is 0.461 e. The SMILES string of the molecule is CC(=O)OC[C@@]1(n2ccc(=O)[nH]c2=O)O[C@H](CO[Si](C)(C)C(C)(C)C)[C@@H](O[Si](C)(C)C(C)(C)C)[C@@H]1OC(=O)c1ccccc1. The number of carbonyl (C=O) groups excluding carboxylic acids is 2. The Labute approximate surface area is 261 Å². The summed E-state index contributed by atoms with van der Waals surface area (Å²) in [6.45, 7) is 21.7. The van der Waals surface area contributed by atoms with Gasteiger partial charge in [0.1, 0.15) is 18.8 Å². The third kappa shape index (κ3) is 7.68. The number of H-pyrrole nitrogens is 1. The minimum absolute atomic E-state index is 0.0646. The van der Waals surface area contributed by atoms with E-state index in [1.807, 2.05) is 0 Å². The highest BCUT2D eigenvalue weighted by Crippen LogP contribution is 2.45. The standard InChI is InChI=1S/C31H48N2O9Si2/c1-21(34)38-20-31(33-18-17-24(35)32-28(33)37)26(40-27(36)22-15-13-12-14-16-22)25(42-44(10,11)30(5,6)7)23(41-31)19-39-43(8,9)29(2,3)4/h12-18,23,25-26H,19-20H2,1-11H3,(H,32,35,37)/t23-,25-,26+,31-/m1/s1. The summed E-state index contributed by atoms with van der Waals surface area (Å²) in [6, 6.07) is 9.57. The normalized spacial score (nSPS) is 22.9. The fraction of sp³-hybridized carbons (Fsp3) is 0.613. The number of nitrogens with zero attached hydrogens (tertiary/aromatic N) is 1. The summed E-state index contributed by atoms with van der Waals surface area (Å²) in [5.41, 5.74) is -3.08. The van der Waals surface area contributed by atoms with Gasteiger partial charge < -0.3 is 23.1 Å². The number of carbonyl (C=O) groups is 2. The van der Waals surface area contributed by atoms with Crippen LogP contribution in [-0.2, 0) is 33.6 Å². The minimum atomic E-state index is -2.59. The molecular weight excluding hydrogens is 601 g/mol. The van der Waals surface area contributed by atoms with Gasteiger partial charge in [-0.1, -0.05) is 59.7 Å². The summed E-state index contributed by atoms with van der Waals surface area (Å²) < 4.78 is 33.1. The third-order valence-electron chi connectivity index (χ3n) is 9.07. The highest BCUT2D eigenvalue weighted by molar-refractivity contribution is 6.74. The number of hydrogen-bond acceptors (Lipinski definition) is 9. The van der Waals surface area contributed by atoms with Crippen LogP contribution in [0.4, 0.5) is 0 Å². The van der Waals surface area contributed by atoms with E-state index in [2.05, 4.69) is 72.7 Å². The van der Waals surface area contributed by atoms with Crippen LogP contribution < -0.4 is 11.2 Å². The molecule has 1 aromatic heterocycles. The minimum Gasteiger partial charge on any atom is -0.461 e. The molecule has 44 heavy (non-hydrogen) atoms. The topological polar surface area (TPSA) is 135 Å². The van der Waals surface area contributed by atoms with Gasteiger partial charge >= 0.3 is 17.6 Å². The first-order chi connectivity index (χ1) is 20.1. The monoisotopic (exact) mass is 648 g/mol. The molecule has 4 atom stereocenters. The van der Waals surface area contributed by atoms with Crippen molar-refractivity contribution in [2.75, 3.05) is 13.2 Å². The zero-order valence-electron chi connectivity index (χ0n) is 27.8. The molecule has 13 heteroatoms. The molecule has 2 aromatic rings. The van der Waals surface area contributed by atoms with E-state index in [-0.39, 0.29) is 22.2 Å². The van der Waals surface area contributed by atoms with Crippen LogP contribution in [-0.4, -0.2) is 69.7 Å². The number of hydrogen-bond donors (Lipinski definition) is 1. The van der Waals surface area contributed by atoms with Crippen molar-refractivity contribution in [1.29, 1.82) is 0 Å². The third-order valence-corrected chi connectivity index (χ3v) is 18.0. The van der Waals surface area contributed by atoms with Gasteiger partial charge in [0.15, 0.2) is 22.7 Å². The molecule has 0 bridgehead atoms. The molecule has 0 unspecified atom stereocenters. The van der Waals surface area contributed by atoms with E-state index in [0.717, 1.165) is 10.6 Å². The van der Waals surface area contributed by atoms with Gasteiger partial charge in [0, 0.05) is 19.2 Å². The Morgan fingerprint density at radius 3 is 2.07 bits per heavy atom. The molecule has 2 heterocycles. The van der Waals surface area contributed by atoms with Gasteiger partial charge in [0.2, 0.25) is 5.72 Å². The van der Waals surface area contributed by atoms with E-state index < -0.39 is 70.5 Å². The van der Waals surface area contributed by atoms with Crippen molar-refractivity contribution >= 4 is 28.6 Å². The molecule has 244 valence electrons. The van der Waals surface area contributed by atoms with E-state index in [9.17, 15) is 19.2 Å². The maximum atomic E-state index is 13.7. The lowest BCUT2D eigenvalue weighted by atomic mass is 10.0. The first kappa shape index (κ1) is 35.6. The van der Waals surface area contributed by atoms with Gasteiger partial charge in [0.05, 0.1) is 12.2 Å². The van der Waals surface area contributed by atoms with E-state index in [4.69, 9.17) is 23.1 Å². The molecule has 0 spiro atoms. The van der Waals surface area contributed by atoms with Crippen LogP contribution in [0.1, 0.15) is 58.8 Å². The van der Waals surface area contributed by atoms with Gasteiger partial charge in [-0.25, -0.2) is 9.59 Å². The lowest BCUT2D eigenvalue weighted by molar-refractivity contribution is -0.190. The second-order valence-electron chi connectivity index (χ2n) is 14.4. The number of esters is 2. The molecule has 1 saturated heterocycles. The Morgan fingerprint density at radius 1 is 0.955 bits per heavy atom. The maximum absolute atomic E-state index is 13.7. The average Bonchev–Trinajstić information content (AvgIpc) is 3.17. The number of aromatic nitrogens is 2. The predicted octanol–water partition coefficient (Wildman–Crippen LogP) is 4.79. The summed E-state index contributed by atoms with van der Waals surface area (Å²) >= 11 is 0. The molecule has 1 fully saturated rings. The maximum Gasteiger partial charge on any atom is 0.338 e. The van der Waals surface area contributed by atoms with Crippen LogP contribution >= 0.6 is 0 Å². The number of nitrogens with one attached hydrogen (secondary N) is 1. The molecule has 1 aliphatic heterocycles. The highest BCUT2D eigenvalue weighted by Gasteiger charge is 2.62. The van der Waals surface area contributed by atoms with Crippen molar-refractivity contribution in [2.45, 2.75) is 109 Å². The van der Waals surface area contributed by atoms with Gasteiger partial charge in [-0.15, -0.1) is 0 Å². The Morgan fingerprint density at radius 2 is 1.55 bits per heavy atom. The van der Waals surface area contributed by atoms with Crippen LogP contribution in [0.25, 0.3) is 0 Å². The molecule has 1 N–H and O–H groups in total. The van der Waals surface area contributed by atoms with Crippen LogP contribution in [0.2, 0.25) is 36.3 Å². The van der Waals surface area contributed by atoms with Crippen LogP contribution in [0, 0.1) is 0 Å². The first-order valence-corrected chi connectivity index (χ1v) is 20.6. The molecule has 11 nitrogen and oxygen atoms in total. The molecule has 1 aromatic carbocycles. The lowest BCUT2D eigenvalue weighted by Gasteiger charge is -2.42. The van der Waals surface area contributed by atoms with Gasteiger partial charge in [0.25, 0.3) is 5.56 Å². The smallest absolute Gasteiger partial charge is 0.338 e. The number of benzene rings is 1. The zero-order valence-corrected chi connectivity index (χ0v) is 29.8. The quantitative estimate of drug-likeness (QED) is 0.285. The molecule has 0 amide bonds. The van der Waals surface area contributed by atoms with E-state index in [1.54, 1.807) is 30.3 Å². The molecule has 1 aliphatic rings. The zero-order chi connectivity index (χ0) is 33.3. The van der Waals surface area contributed by atoms with Crippen molar-refractivity contribution < 1.29 is 32.7 Å². The fourth-order valence-electron chi connectivity index (χ4n) is 4.35. The second-order valence-corrected chi connectivity index (χ2v) is 23.9. The summed E-state index contributed by atoms with van der Waals surface area (Å²) in [4.78, 5) is 53.6. The second kappa shape index (κ2) is 12.9. The van der Waals surface area contributed by atoms with Crippen molar-refractivity contribution in [3.63, 3.8) is 0 Å². The first-order valence-electron chi connectivity index (χ1n) is 14.8. The Hall–Kier alpha value is -2.85. The van der Waals surface area contributed by atoms with Crippen molar-refractivity contribution in [1.82, 2.24) is 9.55 Å². The Bertz CT molecular complexity index is 1440. The lowest BCUT2D eigenvalue weighted by Crippen LogP contribution is -2.58. The van der Waals surface area contributed by atoms with Gasteiger partial charge in [-0.3, -0.25) is 19.1 Å². The van der Waals surface area contributed by atoms with Gasteiger partial charge in [-0.05, 0) is 48.4 Å². The summed E-state index contributed by atoms with van der Waals surface area (Å²) in [5, 5.41) is -0.368. The molecule has 0 radical (unpaired) electrons. The molecule has 0 aliphatic carbocycles. The van der Waals surface area contributed by atoms with Crippen molar-refractivity contribution in [3.05, 3.63) is 69.0 Å². The predicted molar refractivity (Wildman–Crippen MR) is 172 cm³/mol. The van der Waals surface area contributed by atoms with Crippen LogP contribution in [0.15, 0.2) is 52.2 Å².